The third-order valence-corrected chi connectivity index (χ3v) is 2.63. The van der Waals surface area contributed by atoms with Gasteiger partial charge in [0.05, 0.1) is 12.0 Å². The Kier molecular flexibility index (Phi) is 4.55. The third kappa shape index (κ3) is 2.92. The molecule has 15 heavy (non-hydrogen) atoms. The maximum Gasteiger partial charge on any atom is 0.314 e. The number of aryl methyl sites for hydroxylation is 1. The first-order valence-electron chi connectivity index (χ1n) is 4.57. The number of nitrogens with zero attached hydrogens (tertiary/aromatic N) is 1. The summed E-state index contributed by atoms with van der Waals surface area (Å²) in [6.07, 6.45) is 1.55. The average Bonchev–Trinajstić information content (AvgIpc) is 2.25. The molecule has 0 heterocycles. The Bertz CT molecular complexity index is 355. The van der Waals surface area contributed by atoms with Crippen LogP contribution in [-0.4, -0.2) is 17.4 Å². The molecule has 5 heteroatoms. The Morgan fingerprint density at radius 2 is 2.27 bits per heavy atom. The summed E-state index contributed by atoms with van der Waals surface area (Å²) in [5.41, 5.74) is 0.805. The molecule has 0 amide bonds. The lowest BCUT2D eigenvalue weighted by molar-refractivity contribution is -0.386. The SMILES string of the molecule is COc1cccc(CCCBr)c1[N+](=O)[O-]. The summed E-state index contributed by atoms with van der Waals surface area (Å²) in [4.78, 5) is 10.5. The van der Waals surface area contributed by atoms with Gasteiger partial charge in [-0.15, -0.1) is 0 Å². The summed E-state index contributed by atoms with van der Waals surface area (Å²) in [7, 11) is 1.44. The van der Waals surface area contributed by atoms with Crippen molar-refractivity contribution >= 4 is 21.6 Å². The van der Waals surface area contributed by atoms with E-state index in [1.54, 1.807) is 18.2 Å². The zero-order valence-electron chi connectivity index (χ0n) is 8.40. The summed E-state index contributed by atoms with van der Waals surface area (Å²) in [6.45, 7) is 0. The number of rotatable bonds is 5. The van der Waals surface area contributed by atoms with Crippen LogP contribution in [0.5, 0.6) is 5.75 Å². The van der Waals surface area contributed by atoms with Crippen LogP contribution in [0.1, 0.15) is 12.0 Å². The van der Waals surface area contributed by atoms with Crippen LogP contribution in [0.2, 0.25) is 0 Å². The van der Waals surface area contributed by atoms with Gasteiger partial charge in [-0.3, -0.25) is 10.1 Å². The minimum Gasteiger partial charge on any atom is -0.490 e. The van der Waals surface area contributed by atoms with Crippen LogP contribution in [0.25, 0.3) is 0 Å². The largest absolute Gasteiger partial charge is 0.490 e. The molecule has 1 aromatic carbocycles. The zero-order chi connectivity index (χ0) is 11.3. The fourth-order valence-electron chi connectivity index (χ4n) is 1.40. The minimum atomic E-state index is -0.387. The van der Waals surface area contributed by atoms with E-state index < -0.39 is 0 Å². The van der Waals surface area contributed by atoms with Crippen LogP contribution in [0, 0.1) is 10.1 Å². The van der Waals surface area contributed by atoms with Crippen molar-refractivity contribution in [1.29, 1.82) is 0 Å². The molecule has 4 nitrogen and oxygen atoms in total. The quantitative estimate of drug-likeness (QED) is 0.471. The summed E-state index contributed by atoms with van der Waals surface area (Å²) in [5.74, 6) is 0.326. The molecule has 0 aliphatic rings. The Labute approximate surface area is 96.5 Å². The lowest BCUT2D eigenvalue weighted by Crippen LogP contribution is -1.99. The van der Waals surface area contributed by atoms with Crippen molar-refractivity contribution in [2.75, 3.05) is 12.4 Å². The average molecular weight is 274 g/mol. The highest BCUT2D eigenvalue weighted by atomic mass is 79.9. The molecule has 82 valence electrons. The molecule has 0 N–H and O–H groups in total. The highest BCUT2D eigenvalue weighted by molar-refractivity contribution is 9.09. The first-order valence-corrected chi connectivity index (χ1v) is 5.69. The Balaban J connectivity index is 3.07. The van der Waals surface area contributed by atoms with Crippen LogP contribution >= 0.6 is 15.9 Å². The zero-order valence-corrected chi connectivity index (χ0v) is 9.99. The molecule has 0 unspecified atom stereocenters. The van der Waals surface area contributed by atoms with E-state index in [0.717, 1.165) is 17.3 Å². The molecule has 0 saturated carbocycles. The third-order valence-electron chi connectivity index (χ3n) is 2.06. The van der Waals surface area contributed by atoms with E-state index in [1.165, 1.54) is 7.11 Å². The van der Waals surface area contributed by atoms with E-state index in [1.807, 2.05) is 0 Å². The van der Waals surface area contributed by atoms with Crippen LogP contribution in [0.15, 0.2) is 18.2 Å². The second-order valence-corrected chi connectivity index (χ2v) is 3.81. The fraction of sp³-hybridized carbons (Fsp3) is 0.400. The Hall–Kier alpha value is -1.10. The number of hydrogen-bond acceptors (Lipinski definition) is 3. The van der Waals surface area contributed by atoms with E-state index in [9.17, 15) is 10.1 Å². The second-order valence-electron chi connectivity index (χ2n) is 3.02. The summed E-state index contributed by atoms with van der Waals surface area (Å²) in [5, 5.41) is 11.7. The highest BCUT2D eigenvalue weighted by Crippen LogP contribution is 2.31. The molecule has 1 rings (SSSR count). The minimum absolute atomic E-state index is 0.0842. The van der Waals surface area contributed by atoms with Crippen LogP contribution < -0.4 is 4.74 Å². The van der Waals surface area contributed by atoms with E-state index >= 15 is 0 Å². The topological polar surface area (TPSA) is 52.4 Å². The lowest BCUT2D eigenvalue weighted by atomic mass is 10.1. The number of nitro benzene ring substituents is 1. The van der Waals surface area contributed by atoms with Gasteiger partial charge >= 0.3 is 5.69 Å². The van der Waals surface area contributed by atoms with Gasteiger partial charge in [0.1, 0.15) is 0 Å². The molecule has 0 fully saturated rings. The number of benzene rings is 1. The normalized spacial score (nSPS) is 10.0. The smallest absolute Gasteiger partial charge is 0.314 e. The maximum absolute atomic E-state index is 10.9. The number of para-hydroxylation sites is 1. The molecular weight excluding hydrogens is 262 g/mol. The molecule has 1 aromatic rings. The lowest BCUT2D eigenvalue weighted by Gasteiger charge is -2.05. The van der Waals surface area contributed by atoms with Gasteiger partial charge in [0, 0.05) is 10.9 Å². The first-order chi connectivity index (χ1) is 7.20. The van der Waals surface area contributed by atoms with Gasteiger partial charge in [-0.05, 0) is 18.9 Å². The van der Waals surface area contributed by atoms with Crippen molar-refractivity contribution < 1.29 is 9.66 Å². The molecule has 0 saturated heterocycles. The van der Waals surface area contributed by atoms with Crippen molar-refractivity contribution in [1.82, 2.24) is 0 Å². The van der Waals surface area contributed by atoms with Gasteiger partial charge in [0.15, 0.2) is 5.75 Å². The van der Waals surface area contributed by atoms with E-state index in [2.05, 4.69) is 15.9 Å². The molecule has 0 aliphatic carbocycles. The van der Waals surface area contributed by atoms with Gasteiger partial charge in [0.25, 0.3) is 0 Å². The number of methoxy groups -OCH3 is 1. The predicted molar refractivity (Wildman–Crippen MR) is 61.8 cm³/mol. The van der Waals surface area contributed by atoms with Gasteiger partial charge in [-0.2, -0.15) is 0 Å². The Morgan fingerprint density at radius 1 is 1.53 bits per heavy atom. The van der Waals surface area contributed by atoms with Gasteiger partial charge in [0.2, 0.25) is 0 Å². The second kappa shape index (κ2) is 5.70. The monoisotopic (exact) mass is 273 g/mol. The molecule has 0 aliphatic heterocycles. The predicted octanol–water partition coefficient (Wildman–Crippen LogP) is 2.93. The maximum atomic E-state index is 10.9. The van der Waals surface area contributed by atoms with E-state index in [0.29, 0.717) is 12.2 Å². The number of nitro groups is 1. The molecule has 0 spiro atoms. The molecular formula is C10H12BrNO3. The van der Waals surface area contributed by atoms with Crippen molar-refractivity contribution in [3.8, 4) is 5.75 Å². The summed E-state index contributed by atoms with van der Waals surface area (Å²) in [6, 6.07) is 5.15. The highest BCUT2D eigenvalue weighted by Gasteiger charge is 2.19. The number of halogens is 1. The number of hydrogen-bond donors (Lipinski definition) is 0. The standard InChI is InChI=1S/C10H12BrNO3/c1-15-9-6-2-4-8(5-3-7-11)10(9)12(13)14/h2,4,6H,3,5,7H2,1H3. The van der Waals surface area contributed by atoms with Crippen LogP contribution in [-0.2, 0) is 6.42 Å². The molecule has 0 bridgehead atoms. The van der Waals surface area contributed by atoms with Gasteiger partial charge < -0.3 is 4.74 Å². The van der Waals surface area contributed by atoms with Crippen molar-refractivity contribution in [3.63, 3.8) is 0 Å². The summed E-state index contributed by atoms with van der Waals surface area (Å²) < 4.78 is 4.97. The van der Waals surface area contributed by atoms with Crippen LogP contribution in [0.4, 0.5) is 5.69 Å². The van der Waals surface area contributed by atoms with Crippen LogP contribution in [0.3, 0.4) is 0 Å². The van der Waals surface area contributed by atoms with Gasteiger partial charge in [-0.25, -0.2) is 0 Å². The first kappa shape index (κ1) is 12.0. The number of ether oxygens (including phenoxy) is 1. The molecule has 0 radical (unpaired) electrons. The molecule has 0 atom stereocenters. The van der Waals surface area contributed by atoms with Crippen molar-refractivity contribution in [2.45, 2.75) is 12.8 Å². The number of alkyl halides is 1. The fourth-order valence-corrected chi connectivity index (χ4v) is 1.68. The van der Waals surface area contributed by atoms with Crippen molar-refractivity contribution in [2.24, 2.45) is 0 Å². The van der Waals surface area contributed by atoms with E-state index in [-0.39, 0.29) is 10.6 Å². The van der Waals surface area contributed by atoms with Gasteiger partial charge in [-0.1, -0.05) is 28.1 Å². The summed E-state index contributed by atoms with van der Waals surface area (Å²) >= 11 is 3.30. The van der Waals surface area contributed by atoms with Crippen molar-refractivity contribution in [3.05, 3.63) is 33.9 Å². The van der Waals surface area contributed by atoms with E-state index in [4.69, 9.17) is 4.74 Å². The Morgan fingerprint density at radius 3 is 2.80 bits per heavy atom. The molecule has 0 aromatic heterocycles.